The molecule has 1 atom stereocenters. The summed E-state index contributed by atoms with van der Waals surface area (Å²) in [7, 11) is 0. The van der Waals surface area contributed by atoms with E-state index in [0.29, 0.717) is 38.6 Å². The molecule has 1 N–H and O–H groups in total. The van der Waals surface area contributed by atoms with Gasteiger partial charge in [0.2, 0.25) is 5.91 Å². The zero-order chi connectivity index (χ0) is 14.0. The molecule has 19 heavy (non-hydrogen) atoms. The number of nitrogens with zero attached hydrogens (tertiary/aromatic N) is 1. The average Bonchev–Trinajstić information content (AvgIpc) is 2.38. The van der Waals surface area contributed by atoms with Gasteiger partial charge in [-0.15, -0.1) is 0 Å². The lowest BCUT2D eigenvalue weighted by atomic mass is 9.85. The van der Waals surface area contributed by atoms with Gasteiger partial charge in [-0.2, -0.15) is 13.2 Å². The van der Waals surface area contributed by atoms with Gasteiger partial charge in [0.05, 0.1) is 12.0 Å². The maximum atomic E-state index is 12.7. The maximum absolute atomic E-state index is 12.7. The number of hydrogen-bond acceptors (Lipinski definition) is 2. The number of halogens is 3. The average molecular weight is 279 g/mol. The summed E-state index contributed by atoms with van der Waals surface area (Å²) in [6, 6.07) is 0. The van der Waals surface area contributed by atoms with Gasteiger partial charge in [-0.25, -0.2) is 0 Å². The second-order valence-corrected chi connectivity index (χ2v) is 5.67. The van der Waals surface area contributed by atoms with E-state index in [1.165, 1.54) is 4.90 Å². The Hall–Kier alpha value is -0.780. The third-order valence-electron chi connectivity index (χ3n) is 4.24. The Morgan fingerprint density at radius 2 is 1.74 bits per heavy atom. The van der Waals surface area contributed by atoms with Gasteiger partial charge in [-0.05, 0) is 38.5 Å². The van der Waals surface area contributed by atoms with Crippen LogP contribution in [-0.2, 0) is 4.79 Å². The molecule has 1 amide bonds. The number of hydrogen-bond donors (Lipinski definition) is 1. The number of piperidine rings is 1. The van der Waals surface area contributed by atoms with Gasteiger partial charge < -0.3 is 10.0 Å². The van der Waals surface area contributed by atoms with Gasteiger partial charge >= 0.3 is 6.18 Å². The van der Waals surface area contributed by atoms with E-state index in [1.807, 2.05) is 0 Å². The highest BCUT2D eigenvalue weighted by Gasteiger charge is 2.43. The van der Waals surface area contributed by atoms with Crippen LogP contribution in [0.1, 0.15) is 38.5 Å². The van der Waals surface area contributed by atoms with Crippen LogP contribution >= 0.6 is 0 Å². The Morgan fingerprint density at radius 3 is 2.32 bits per heavy atom. The van der Waals surface area contributed by atoms with E-state index in [0.717, 1.165) is 0 Å². The number of carbonyl (C=O) groups is 1. The minimum Gasteiger partial charge on any atom is -0.393 e. The molecule has 0 aromatic heterocycles. The van der Waals surface area contributed by atoms with Gasteiger partial charge in [0.25, 0.3) is 0 Å². The number of alkyl halides is 3. The molecule has 1 saturated heterocycles. The fraction of sp³-hybridized carbons (Fsp3) is 0.923. The summed E-state index contributed by atoms with van der Waals surface area (Å²) < 4.78 is 38.1. The van der Waals surface area contributed by atoms with Crippen molar-refractivity contribution in [1.29, 1.82) is 0 Å². The third kappa shape index (κ3) is 3.61. The lowest BCUT2D eigenvalue weighted by Gasteiger charge is -2.37. The molecule has 0 aromatic carbocycles. The van der Waals surface area contributed by atoms with Crippen LogP contribution in [0.4, 0.5) is 13.2 Å². The number of rotatable bonds is 1. The molecule has 110 valence electrons. The summed E-state index contributed by atoms with van der Waals surface area (Å²) in [5.41, 5.74) is 0. The first kappa shape index (κ1) is 14.6. The molecule has 1 heterocycles. The highest BCUT2D eigenvalue weighted by Crippen LogP contribution is 2.34. The van der Waals surface area contributed by atoms with Crippen LogP contribution in [0.3, 0.4) is 0 Å². The smallest absolute Gasteiger partial charge is 0.393 e. The van der Waals surface area contributed by atoms with Crippen molar-refractivity contribution in [2.45, 2.75) is 50.8 Å². The standard InChI is InChI=1S/C13H20F3NO2/c14-13(15,16)10-2-1-7-17(8-10)12(19)9-3-5-11(18)6-4-9/h9-11,18H,1-8H2. The molecule has 6 heteroatoms. The van der Waals surface area contributed by atoms with E-state index in [1.54, 1.807) is 0 Å². The van der Waals surface area contributed by atoms with E-state index in [2.05, 4.69) is 0 Å². The van der Waals surface area contributed by atoms with Crippen LogP contribution in [0.15, 0.2) is 0 Å². The van der Waals surface area contributed by atoms with Crippen molar-refractivity contribution in [2.75, 3.05) is 13.1 Å². The lowest BCUT2D eigenvalue weighted by Crippen LogP contribution is -2.47. The molecular formula is C13H20F3NO2. The maximum Gasteiger partial charge on any atom is 0.393 e. The second kappa shape index (κ2) is 5.69. The van der Waals surface area contributed by atoms with Crippen LogP contribution in [-0.4, -0.2) is 41.3 Å². The molecule has 1 aliphatic heterocycles. The Morgan fingerprint density at radius 1 is 1.11 bits per heavy atom. The molecule has 1 aliphatic carbocycles. The summed E-state index contributed by atoms with van der Waals surface area (Å²) in [5, 5.41) is 9.39. The number of likely N-dealkylation sites (tertiary alicyclic amines) is 1. The molecule has 0 bridgehead atoms. The minimum atomic E-state index is -4.21. The second-order valence-electron chi connectivity index (χ2n) is 5.67. The summed E-state index contributed by atoms with van der Waals surface area (Å²) in [5.74, 6) is -1.73. The lowest BCUT2D eigenvalue weighted by molar-refractivity contribution is -0.188. The molecule has 2 rings (SSSR count). The molecule has 0 spiro atoms. The predicted octanol–water partition coefficient (Wildman–Crippen LogP) is 2.34. The van der Waals surface area contributed by atoms with E-state index in [9.17, 15) is 23.1 Å². The van der Waals surface area contributed by atoms with Crippen molar-refractivity contribution in [3.05, 3.63) is 0 Å². The number of carbonyl (C=O) groups excluding carboxylic acids is 1. The van der Waals surface area contributed by atoms with Crippen LogP contribution in [0, 0.1) is 11.8 Å². The quantitative estimate of drug-likeness (QED) is 0.800. The van der Waals surface area contributed by atoms with Gasteiger partial charge in [-0.1, -0.05) is 0 Å². The first-order chi connectivity index (χ1) is 8.88. The first-order valence-corrected chi connectivity index (χ1v) is 6.91. The van der Waals surface area contributed by atoms with Crippen LogP contribution in [0.5, 0.6) is 0 Å². The van der Waals surface area contributed by atoms with Gasteiger partial charge in [0.15, 0.2) is 0 Å². The van der Waals surface area contributed by atoms with Crippen LogP contribution in [0.2, 0.25) is 0 Å². The van der Waals surface area contributed by atoms with Crippen molar-refractivity contribution in [1.82, 2.24) is 4.90 Å². The molecular weight excluding hydrogens is 259 g/mol. The fourth-order valence-corrected chi connectivity index (χ4v) is 3.03. The topological polar surface area (TPSA) is 40.5 Å². The molecule has 3 nitrogen and oxygen atoms in total. The first-order valence-electron chi connectivity index (χ1n) is 6.91. The van der Waals surface area contributed by atoms with E-state index in [4.69, 9.17) is 0 Å². The van der Waals surface area contributed by atoms with Gasteiger partial charge in [0.1, 0.15) is 0 Å². The van der Waals surface area contributed by atoms with Crippen molar-refractivity contribution in [2.24, 2.45) is 11.8 Å². The van der Waals surface area contributed by atoms with Crippen LogP contribution < -0.4 is 0 Å². The molecule has 0 radical (unpaired) electrons. The third-order valence-corrected chi connectivity index (χ3v) is 4.24. The number of amides is 1. The van der Waals surface area contributed by atoms with Crippen LogP contribution in [0.25, 0.3) is 0 Å². The number of aliphatic hydroxyl groups is 1. The van der Waals surface area contributed by atoms with Gasteiger partial charge in [0, 0.05) is 19.0 Å². The highest BCUT2D eigenvalue weighted by atomic mass is 19.4. The van der Waals surface area contributed by atoms with Crippen molar-refractivity contribution >= 4 is 5.91 Å². The Labute approximate surface area is 110 Å². The summed E-state index contributed by atoms with van der Waals surface area (Å²) in [6.45, 7) is 0.242. The summed E-state index contributed by atoms with van der Waals surface area (Å²) in [6.07, 6.45) is -1.68. The van der Waals surface area contributed by atoms with Crippen molar-refractivity contribution in [3.63, 3.8) is 0 Å². The zero-order valence-corrected chi connectivity index (χ0v) is 10.8. The van der Waals surface area contributed by atoms with E-state index in [-0.39, 0.29) is 30.9 Å². The van der Waals surface area contributed by atoms with Crippen molar-refractivity contribution < 1.29 is 23.1 Å². The largest absolute Gasteiger partial charge is 0.393 e. The molecule has 2 fully saturated rings. The zero-order valence-electron chi connectivity index (χ0n) is 10.8. The van der Waals surface area contributed by atoms with E-state index < -0.39 is 12.1 Å². The summed E-state index contributed by atoms with van der Waals surface area (Å²) in [4.78, 5) is 13.6. The number of aliphatic hydroxyl groups excluding tert-OH is 1. The SMILES string of the molecule is O=C(C1CCC(O)CC1)N1CCCC(C(F)(F)F)C1. The molecule has 2 aliphatic rings. The van der Waals surface area contributed by atoms with Gasteiger partial charge in [-0.3, -0.25) is 4.79 Å². The minimum absolute atomic E-state index is 0.122. The monoisotopic (exact) mass is 279 g/mol. The summed E-state index contributed by atoms with van der Waals surface area (Å²) >= 11 is 0. The Kier molecular flexibility index (Phi) is 4.38. The molecule has 0 aromatic rings. The Balaban J connectivity index is 1.92. The highest BCUT2D eigenvalue weighted by molar-refractivity contribution is 5.79. The molecule has 1 unspecified atom stereocenters. The van der Waals surface area contributed by atoms with E-state index >= 15 is 0 Å². The van der Waals surface area contributed by atoms with Crippen molar-refractivity contribution in [3.8, 4) is 0 Å². The predicted molar refractivity (Wildman–Crippen MR) is 63.3 cm³/mol. The normalized spacial score (nSPS) is 33.3. The Bertz CT molecular complexity index is 324. The fourth-order valence-electron chi connectivity index (χ4n) is 3.03. The molecule has 1 saturated carbocycles.